The molecule has 1 aromatic carbocycles. The van der Waals surface area contributed by atoms with E-state index in [1.165, 1.54) is 0 Å². The molecular weight excluding hydrogens is 326 g/mol. The Bertz CT molecular complexity index is 634. The van der Waals surface area contributed by atoms with E-state index in [0.29, 0.717) is 25.6 Å². The van der Waals surface area contributed by atoms with E-state index in [9.17, 15) is 9.90 Å². The maximum absolute atomic E-state index is 12.8. The maximum Gasteiger partial charge on any atom is 0.344 e. The lowest BCUT2D eigenvalue weighted by Gasteiger charge is -2.36. The van der Waals surface area contributed by atoms with Crippen LogP contribution in [0.25, 0.3) is 0 Å². The zero-order valence-electron chi connectivity index (χ0n) is 16.7. The lowest BCUT2D eigenvalue weighted by atomic mass is 9.73. The molecule has 0 radical (unpaired) electrons. The van der Waals surface area contributed by atoms with Crippen LogP contribution in [0.3, 0.4) is 0 Å². The molecule has 26 heavy (non-hydrogen) atoms. The third-order valence-corrected chi connectivity index (χ3v) is 5.19. The van der Waals surface area contributed by atoms with Crippen molar-refractivity contribution in [1.29, 1.82) is 0 Å². The summed E-state index contributed by atoms with van der Waals surface area (Å²) >= 11 is 0. The number of esters is 1. The highest BCUT2D eigenvalue weighted by atomic mass is 16.5. The molecule has 1 saturated carbocycles. The first-order valence-electron chi connectivity index (χ1n) is 10.3. The second-order valence-electron chi connectivity index (χ2n) is 6.77. The number of carbonyl (C=O) groups excluding carboxylic acids is 1. The predicted molar refractivity (Wildman–Crippen MR) is 103 cm³/mol. The molecule has 0 heterocycles. The Balaban J connectivity index is 2.02. The average Bonchev–Trinajstić information content (AvgIpc) is 2.73. The first-order valence-corrected chi connectivity index (χ1v) is 9.55. The van der Waals surface area contributed by atoms with E-state index in [2.05, 4.69) is 16.7 Å². The van der Waals surface area contributed by atoms with Gasteiger partial charge in [0.25, 0.3) is 0 Å². The van der Waals surface area contributed by atoms with Crippen LogP contribution in [0.1, 0.15) is 52.9 Å². The van der Waals surface area contributed by atoms with Gasteiger partial charge in [-0.05, 0) is 31.5 Å². The van der Waals surface area contributed by atoms with Crippen molar-refractivity contribution in [1.82, 2.24) is 4.90 Å². The molecule has 1 N–H and O–H groups in total. The van der Waals surface area contributed by atoms with Crippen molar-refractivity contribution in [2.24, 2.45) is 5.92 Å². The summed E-state index contributed by atoms with van der Waals surface area (Å²) in [5.41, 5.74) is -1.01. The first kappa shape index (κ1) is 18.9. The molecule has 1 atom stereocenters. The van der Waals surface area contributed by atoms with Crippen LogP contribution in [0.2, 0.25) is 0 Å². The SMILES string of the molecule is [2H]CCN(CC)CC#CCOC(=O)C(O)(c1ccccc1)C1CCCCC1. The number of ether oxygens (including phenoxy) is 1. The number of nitrogens with zero attached hydrogens (tertiary/aromatic N) is 1. The molecule has 0 bridgehead atoms. The van der Waals surface area contributed by atoms with Crippen LogP contribution in [0, 0.1) is 17.8 Å². The molecule has 1 unspecified atom stereocenters. The summed E-state index contributed by atoms with van der Waals surface area (Å²) in [5.74, 6) is 5.11. The van der Waals surface area contributed by atoms with Crippen LogP contribution in [0.4, 0.5) is 0 Å². The Morgan fingerprint density at radius 1 is 1.27 bits per heavy atom. The summed E-state index contributed by atoms with van der Waals surface area (Å²) in [6.45, 7) is 4.42. The third-order valence-electron chi connectivity index (χ3n) is 5.19. The molecule has 0 aromatic heterocycles. The van der Waals surface area contributed by atoms with E-state index in [4.69, 9.17) is 6.11 Å². The summed E-state index contributed by atoms with van der Waals surface area (Å²) in [7, 11) is 0. The van der Waals surface area contributed by atoms with E-state index in [0.717, 1.165) is 38.6 Å². The summed E-state index contributed by atoms with van der Waals surface area (Å²) < 4.78 is 12.6. The minimum absolute atomic E-state index is 0.0286. The van der Waals surface area contributed by atoms with Crippen molar-refractivity contribution < 1.29 is 16.0 Å². The zero-order valence-corrected chi connectivity index (χ0v) is 15.7. The molecule has 4 heteroatoms. The monoisotopic (exact) mass is 358 g/mol. The zero-order chi connectivity index (χ0) is 19.5. The number of carbonyl (C=O) groups is 1. The van der Waals surface area contributed by atoms with Gasteiger partial charge in [-0.2, -0.15) is 0 Å². The van der Waals surface area contributed by atoms with E-state index in [-0.39, 0.29) is 12.5 Å². The predicted octanol–water partition coefficient (Wildman–Crippen LogP) is 3.34. The lowest BCUT2D eigenvalue weighted by molar-refractivity contribution is -0.174. The van der Waals surface area contributed by atoms with E-state index in [1.54, 1.807) is 12.1 Å². The van der Waals surface area contributed by atoms with Crippen LogP contribution >= 0.6 is 0 Å². The molecule has 1 aromatic rings. The van der Waals surface area contributed by atoms with Crippen LogP contribution in [-0.2, 0) is 15.1 Å². The standard InChI is InChI=1S/C22H31NO3/c1-3-23(4-2)17-11-12-18-26-21(24)22(25,19-13-7-5-8-14-19)20-15-9-6-10-16-20/h5,7-8,13-14,20,25H,3-4,6,9-10,15-18H2,1-2H3/i1D. The van der Waals surface area contributed by atoms with E-state index in [1.807, 2.05) is 25.1 Å². The Morgan fingerprint density at radius 2 is 2.00 bits per heavy atom. The largest absolute Gasteiger partial charge is 0.450 e. The highest BCUT2D eigenvalue weighted by molar-refractivity contribution is 5.81. The molecule has 0 amide bonds. The maximum atomic E-state index is 12.8. The van der Waals surface area contributed by atoms with Gasteiger partial charge < -0.3 is 9.84 Å². The van der Waals surface area contributed by atoms with Gasteiger partial charge >= 0.3 is 5.97 Å². The molecule has 4 nitrogen and oxygen atoms in total. The normalized spacial score (nSPS) is 17.7. The number of benzene rings is 1. The second kappa shape index (κ2) is 10.4. The average molecular weight is 359 g/mol. The molecule has 1 aliphatic rings. The van der Waals surface area contributed by atoms with Gasteiger partial charge in [-0.1, -0.05) is 75.3 Å². The van der Waals surface area contributed by atoms with Gasteiger partial charge in [0, 0.05) is 7.29 Å². The van der Waals surface area contributed by atoms with E-state index < -0.39 is 11.6 Å². The van der Waals surface area contributed by atoms with Gasteiger partial charge in [0.2, 0.25) is 0 Å². The van der Waals surface area contributed by atoms with Crippen molar-refractivity contribution >= 4 is 5.97 Å². The van der Waals surface area contributed by atoms with Crippen molar-refractivity contribution in [3.05, 3.63) is 35.9 Å². The number of hydrogen-bond donors (Lipinski definition) is 1. The third kappa shape index (κ3) is 5.09. The Labute approximate surface area is 158 Å². The summed E-state index contributed by atoms with van der Waals surface area (Å²) in [5, 5.41) is 11.4. The fourth-order valence-corrected chi connectivity index (χ4v) is 3.51. The molecule has 1 fully saturated rings. The lowest BCUT2D eigenvalue weighted by Crippen LogP contribution is -2.45. The number of rotatable bonds is 7. The number of hydrogen-bond acceptors (Lipinski definition) is 4. The Kier molecular flexibility index (Phi) is 7.54. The smallest absolute Gasteiger partial charge is 0.344 e. The quantitative estimate of drug-likeness (QED) is 0.600. The van der Waals surface area contributed by atoms with Crippen LogP contribution in [0.15, 0.2) is 30.3 Å². The molecular formula is C22H31NO3. The van der Waals surface area contributed by atoms with Gasteiger partial charge in [-0.15, -0.1) is 0 Å². The summed E-state index contributed by atoms with van der Waals surface area (Å²) in [6.07, 6.45) is 4.84. The van der Waals surface area contributed by atoms with Crippen LogP contribution in [-0.4, -0.2) is 42.2 Å². The van der Waals surface area contributed by atoms with E-state index >= 15 is 0 Å². The Hall–Kier alpha value is -1.83. The molecule has 0 spiro atoms. The van der Waals surface area contributed by atoms with Crippen molar-refractivity contribution in [3.8, 4) is 11.8 Å². The minimum Gasteiger partial charge on any atom is -0.450 e. The van der Waals surface area contributed by atoms with Gasteiger partial charge in [0.15, 0.2) is 12.2 Å². The molecule has 1 aliphatic carbocycles. The van der Waals surface area contributed by atoms with Crippen LogP contribution < -0.4 is 0 Å². The fourth-order valence-electron chi connectivity index (χ4n) is 3.51. The van der Waals surface area contributed by atoms with Gasteiger partial charge in [0.05, 0.1) is 6.54 Å². The van der Waals surface area contributed by atoms with Gasteiger partial charge in [-0.3, -0.25) is 4.90 Å². The molecule has 142 valence electrons. The topological polar surface area (TPSA) is 49.8 Å². The minimum atomic E-state index is -1.61. The number of aliphatic hydroxyl groups is 1. The molecule has 0 aliphatic heterocycles. The van der Waals surface area contributed by atoms with Crippen LogP contribution in [0.5, 0.6) is 0 Å². The summed E-state index contributed by atoms with van der Waals surface area (Å²) in [6, 6.07) is 9.13. The second-order valence-corrected chi connectivity index (χ2v) is 6.77. The molecule has 0 saturated heterocycles. The van der Waals surface area contributed by atoms with Crippen molar-refractivity contribution in [2.45, 2.75) is 51.5 Å². The summed E-state index contributed by atoms with van der Waals surface area (Å²) in [4.78, 5) is 14.9. The molecule has 2 rings (SSSR count). The van der Waals surface area contributed by atoms with Crippen molar-refractivity contribution in [2.75, 3.05) is 26.2 Å². The van der Waals surface area contributed by atoms with Crippen molar-refractivity contribution in [3.63, 3.8) is 0 Å². The first-order chi connectivity index (χ1) is 13.1. The highest BCUT2D eigenvalue weighted by Gasteiger charge is 2.46. The fraction of sp³-hybridized carbons (Fsp3) is 0.591. The van der Waals surface area contributed by atoms with Gasteiger partial charge in [-0.25, -0.2) is 4.79 Å². The Morgan fingerprint density at radius 3 is 2.65 bits per heavy atom. The highest BCUT2D eigenvalue weighted by Crippen LogP contribution is 2.40. The van der Waals surface area contributed by atoms with Gasteiger partial charge in [0.1, 0.15) is 0 Å².